The van der Waals surface area contributed by atoms with Crippen molar-refractivity contribution >= 4 is 29.1 Å². The van der Waals surface area contributed by atoms with E-state index in [1.54, 1.807) is 23.5 Å². The van der Waals surface area contributed by atoms with E-state index < -0.39 is 0 Å². The van der Waals surface area contributed by atoms with Crippen molar-refractivity contribution < 1.29 is 19.0 Å². The van der Waals surface area contributed by atoms with Crippen molar-refractivity contribution in [1.29, 1.82) is 0 Å². The van der Waals surface area contributed by atoms with E-state index in [-0.39, 0.29) is 19.1 Å². The average molecular weight is 423 g/mol. The van der Waals surface area contributed by atoms with E-state index in [1.807, 2.05) is 42.5 Å². The van der Waals surface area contributed by atoms with Crippen LogP contribution in [0.25, 0.3) is 0 Å². The summed E-state index contributed by atoms with van der Waals surface area (Å²) >= 11 is 1.54. The molecule has 1 aromatic heterocycles. The maximum atomic E-state index is 11.6. The summed E-state index contributed by atoms with van der Waals surface area (Å²) in [4.78, 5) is 11.6. The van der Waals surface area contributed by atoms with Crippen molar-refractivity contribution in [3.63, 3.8) is 0 Å². The quantitative estimate of drug-likeness (QED) is 0.673. The molecule has 9 nitrogen and oxygen atoms in total. The van der Waals surface area contributed by atoms with E-state index in [9.17, 15) is 4.79 Å². The molecule has 30 heavy (non-hydrogen) atoms. The molecule has 0 aliphatic carbocycles. The molecule has 0 unspecified atom stereocenters. The van der Waals surface area contributed by atoms with Gasteiger partial charge in [0, 0.05) is 11.3 Å². The van der Waals surface area contributed by atoms with Crippen LogP contribution in [0.5, 0.6) is 17.2 Å². The number of nitrogens with zero attached hydrogens (tertiary/aromatic N) is 4. The minimum absolute atomic E-state index is 0.0325. The number of hydrogen-bond donors (Lipinski definition) is 1. The van der Waals surface area contributed by atoms with Crippen LogP contribution >= 0.6 is 11.8 Å². The summed E-state index contributed by atoms with van der Waals surface area (Å²) in [5.41, 5.74) is 2.39. The number of amides is 1. The molecular weight excluding hydrogens is 406 g/mol. The molecule has 0 spiro atoms. The molecule has 3 heterocycles. The Morgan fingerprint density at radius 1 is 1.17 bits per heavy atom. The van der Waals surface area contributed by atoms with Crippen molar-refractivity contribution in [3.05, 3.63) is 53.9 Å². The number of anilines is 1. The van der Waals surface area contributed by atoms with Gasteiger partial charge in [0.25, 0.3) is 5.91 Å². The van der Waals surface area contributed by atoms with Gasteiger partial charge >= 0.3 is 0 Å². The number of methoxy groups -OCH3 is 1. The number of rotatable bonds is 5. The predicted octanol–water partition coefficient (Wildman–Crippen LogP) is 2.55. The second-order valence-electron chi connectivity index (χ2n) is 6.56. The van der Waals surface area contributed by atoms with Gasteiger partial charge in [0.1, 0.15) is 23.9 Å². The van der Waals surface area contributed by atoms with Gasteiger partial charge < -0.3 is 19.5 Å². The van der Waals surface area contributed by atoms with E-state index in [1.165, 1.54) is 0 Å². The van der Waals surface area contributed by atoms with Crippen LogP contribution in [0.4, 0.5) is 5.69 Å². The Labute approximate surface area is 176 Å². The number of fused-ring (bicyclic) bond motifs is 2. The lowest BCUT2D eigenvalue weighted by Gasteiger charge is -2.20. The molecule has 5 rings (SSSR count). The topological polar surface area (TPSA) is 99.9 Å². The number of carbonyl (C=O) groups excluding carboxylic acids is 1. The van der Waals surface area contributed by atoms with Gasteiger partial charge in [-0.3, -0.25) is 4.79 Å². The van der Waals surface area contributed by atoms with Gasteiger partial charge in [-0.25, -0.2) is 0 Å². The first kappa shape index (κ1) is 18.5. The molecule has 0 atom stereocenters. The van der Waals surface area contributed by atoms with Gasteiger partial charge in [0.15, 0.2) is 12.4 Å². The van der Waals surface area contributed by atoms with E-state index >= 15 is 0 Å². The Kier molecular flexibility index (Phi) is 4.75. The minimum Gasteiger partial charge on any atom is -0.497 e. The number of nitrogens with one attached hydrogen (secondary N) is 1. The van der Waals surface area contributed by atoms with Crippen LogP contribution in [0, 0.1) is 0 Å². The smallest absolute Gasteiger partial charge is 0.262 e. The Balaban J connectivity index is 1.37. The highest BCUT2D eigenvalue weighted by Crippen LogP contribution is 2.31. The fourth-order valence-corrected chi connectivity index (χ4v) is 3.94. The number of hydrogen-bond acceptors (Lipinski definition) is 8. The van der Waals surface area contributed by atoms with Crippen LogP contribution in [0.1, 0.15) is 11.4 Å². The largest absolute Gasteiger partial charge is 0.497 e. The van der Waals surface area contributed by atoms with Crippen LogP contribution in [-0.2, 0) is 11.4 Å². The summed E-state index contributed by atoms with van der Waals surface area (Å²) < 4.78 is 18.1. The molecule has 1 N–H and O–H groups in total. The molecule has 152 valence electrons. The molecule has 0 saturated carbocycles. The number of carbonyl (C=O) groups is 1. The lowest BCUT2D eigenvalue weighted by Crippen LogP contribution is -2.25. The molecule has 3 aromatic rings. The predicted molar refractivity (Wildman–Crippen MR) is 111 cm³/mol. The third-order valence-electron chi connectivity index (χ3n) is 4.61. The van der Waals surface area contributed by atoms with Crippen molar-refractivity contribution in [2.75, 3.05) is 24.8 Å². The van der Waals surface area contributed by atoms with Gasteiger partial charge in [-0.2, -0.15) is 9.78 Å². The summed E-state index contributed by atoms with van der Waals surface area (Å²) in [6.07, 6.45) is 0. The minimum atomic E-state index is -0.168. The van der Waals surface area contributed by atoms with Crippen LogP contribution in [-0.4, -0.2) is 46.0 Å². The fraction of sp³-hybridized carbons (Fsp3) is 0.200. The molecule has 0 fully saturated rings. The Morgan fingerprint density at radius 3 is 2.83 bits per heavy atom. The molecule has 2 aliphatic heterocycles. The highest BCUT2D eigenvalue weighted by Gasteiger charge is 2.22. The SMILES string of the molecule is COc1ccc(OCc2nnc3n2N=C(c2ccc4c(c2)NC(=O)CO4)CS3)cc1. The van der Waals surface area contributed by atoms with E-state index in [0.717, 1.165) is 17.0 Å². The molecule has 1 amide bonds. The van der Waals surface area contributed by atoms with Crippen LogP contribution in [0.3, 0.4) is 0 Å². The lowest BCUT2D eigenvalue weighted by molar-refractivity contribution is -0.118. The fourth-order valence-electron chi connectivity index (χ4n) is 3.08. The summed E-state index contributed by atoms with van der Waals surface area (Å²) in [6.45, 7) is 0.259. The summed E-state index contributed by atoms with van der Waals surface area (Å²) in [5.74, 6) is 3.19. The van der Waals surface area contributed by atoms with Gasteiger partial charge in [0.05, 0.1) is 18.5 Å². The second kappa shape index (κ2) is 7.71. The van der Waals surface area contributed by atoms with Crippen molar-refractivity contribution in [3.8, 4) is 17.2 Å². The molecule has 2 aromatic carbocycles. The molecule has 2 aliphatic rings. The van der Waals surface area contributed by atoms with Crippen molar-refractivity contribution in [2.45, 2.75) is 11.8 Å². The average Bonchev–Trinajstić information content (AvgIpc) is 3.19. The first-order valence-corrected chi connectivity index (χ1v) is 10.2. The van der Waals surface area contributed by atoms with Crippen molar-refractivity contribution in [2.24, 2.45) is 5.10 Å². The Morgan fingerprint density at radius 2 is 2.00 bits per heavy atom. The monoisotopic (exact) mass is 423 g/mol. The van der Waals surface area contributed by atoms with Crippen LogP contribution in [0.2, 0.25) is 0 Å². The maximum absolute atomic E-state index is 11.6. The normalized spacial score (nSPS) is 14.7. The molecule has 0 bridgehead atoms. The maximum Gasteiger partial charge on any atom is 0.262 e. The third-order valence-corrected chi connectivity index (χ3v) is 5.54. The number of aromatic nitrogens is 3. The van der Waals surface area contributed by atoms with Crippen molar-refractivity contribution in [1.82, 2.24) is 14.9 Å². The van der Waals surface area contributed by atoms with Crippen LogP contribution < -0.4 is 19.5 Å². The summed E-state index contributed by atoms with van der Waals surface area (Å²) in [6, 6.07) is 13.0. The molecular formula is C20H17N5O4S. The first-order chi connectivity index (χ1) is 14.7. The molecule has 10 heteroatoms. The standard InChI is InChI=1S/C20H17N5O4S/c1-27-13-3-5-14(6-4-13)28-9-18-22-23-20-25(18)24-16(11-30-20)12-2-7-17-15(8-12)21-19(26)10-29-17/h2-8H,9-11H2,1H3,(H,21,26). The van der Waals surface area contributed by atoms with E-state index in [0.29, 0.717) is 33.9 Å². The molecule has 0 radical (unpaired) electrons. The summed E-state index contributed by atoms with van der Waals surface area (Å²) in [5, 5.41) is 16.7. The van der Waals surface area contributed by atoms with Gasteiger partial charge in [-0.15, -0.1) is 10.2 Å². The lowest BCUT2D eigenvalue weighted by atomic mass is 10.1. The number of ether oxygens (including phenoxy) is 3. The highest BCUT2D eigenvalue weighted by molar-refractivity contribution is 7.99. The van der Waals surface area contributed by atoms with E-state index in [4.69, 9.17) is 19.3 Å². The first-order valence-electron chi connectivity index (χ1n) is 9.18. The zero-order valence-corrected chi connectivity index (χ0v) is 16.8. The van der Waals surface area contributed by atoms with Gasteiger partial charge in [0.2, 0.25) is 5.16 Å². The van der Waals surface area contributed by atoms with E-state index in [2.05, 4.69) is 15.5 Å². The Hall–Kier alpha value is -3.53. The zero-order valence-electron chi connectivity index (χ0n) is 16.0. The van der Waals surface area contributed by atoms with Crippen LogP contribution in [0.15, 0.2) is 52.7 Å². The zero-order chi connectivity index (χ0) is 20.5. The second-order valence-corrected chi connectivity index (χ2v) is 7.50. The van der Waals surface area contributed by atoms with Gasteiger partial charge in [-0.1, -0.05) is 11.8 Å². The number of benzene rings is 2. The number of thioether (sulfide) groups is 1. The summed E-state index contributed by atoms with van der Waals surface area (Å²) in [7, 11) is 1.62. The third kappa shape index (κ3) is 3.57. The molecule has 0 saturated heterocycles. The highest BCUT2D eigenvalue weighted by atomic mass is 32.2. The van der Waals surface area contributed by atoms with Gasteiger partial charge in [-0.05, 0) is 42.5 Å². The Bertz CT molecular complexity index is 1140.